The molecule has 29 heavy (non-hydrogen) atoms. The van der Waals surface area contributed by atoms with Gasteiger partial charge < -0.3 is 14.5 Å². The molecular formula is C21H25N3O5. The normalized spacial score (nSPS) is 20.1. The standard InChI is InChI=1S/C21H25N3O5/c1-29-21(28)23-11-9-22(10-12-23)18(25)14-7-8-16-17(13-14)20(27)24(19(16)26)15-5-3-2-4-6-15/h7-8,13,15H,2-6,9-12H2,1H3. The van der Waals surface area contributed by atoms with E-state index in [4.69, 9.17) is 4.74 Å². The highest BCUT2D eigenvalue weighted by atomic mass is 16.5. The van der Waals surface area contributed by atoms with Crippen LogP contribution in [0.25, 0.3) is 0 Å². The Labute approximate surface area is 169 Å². The van der Waals surface area contributed by atoms with Gasteiger partial charge in [-0.2, -0.15) is 0 Å². The maximum atomic E-state index is 12.9. The third-order valence-electron chi connectivity index (χ3n) is 6.10. The van der Waals surface area contributed by atoms with Crippen LogP contribution in [-0.2, 0) is 4.74 Å². The number of carbonyl (C=O) groups is 4. The molecule has 1 aliphatic carbocycles. The Bertz CT molecular complexity index is 854. The molecule has 3 aliphatic rings. The molecule has 2 fully saturated rings. The Morgan fingerprint density at radius 1 is 0.897 bits per heavy atom. The number of hydrogen-bond donors (Lipinski definition) is 0. The van der Waals surface area contributed by atoms with Crippen molar-refractivity contribution in [2.75, 3.05) is 33.3 Å². The van der Waals surface area contributed by atoms with Gasteiger partial charge in [-0.15, -0.1) is 0 Å². The maximum absolute atomic E-state index is 12.9. The van der Waals surface area contributed by atoms with E-state index in [1.165, 1.54) is 12.0 Å². The predicted octanol–water partition coefficient (Wildman–Crippen LogP) is 2.14. The highest BCUT2D eigenvalue weighted by molar-refractivity contribution is 6.22. The molecule has 1 aromatic rings. The van der Waals surface area contributed by atoms with Crippen molar-refractivity contribution in [3.8, 4) is 0 Å². The monoisotopic (exact) mass is 399 g/mol. The van der Waals surface area contributed by atoms with Gasteiger partial charge in [-0.3, -0.25) is 19.3 Å². The zero-order valence-electron chi connectivity index (χ0n) is 16.6. The molecule has 0 radical (unpaired) electrons. The lowest BCUT2D eigenvalue weighted by Gasteiger charge is -2.33. The first kappa shape index (κ1) is 19.4. The average molecular weight is 399 g/mol. The number of imide groups is 1. The van der Waals surface area contributed by atoms with Gasteiger partial charge in [-0.05, 0) is 31.0 Å². The molecule has 2 heterocycles. The number of carbonyl (C=O) groups excluding carboxylic acids is 4. The van der Waals surface area contributed by atoms with Crippen molar-refractivity contribution >= 4 is 23.8 Å². The fraction of sp³-hybridized carbons (Fsp3) is 0.524. The van der Waals surface area contributed by atoms with Crippen LogP contribution in [0.4, 0.5) is 4.79 Å². The lowest BCUT2D eigenvalue weighted by atomic mass is 9.94. The fourth-order valence-electron chi connectivity index (χ4n) is 4.47. The van der Waals surface area contributed by atoms with Crippen molar-refractivity contribution in [2.45, 2.75) is 38.1 Å². The number of benzene rings is 1. The molecule has 4 amide bonds. The first-order valence-corrected chi connectivity index (χ1v) is 10.2. The summed E-state index contributed by atoms with van der Waals surface area (Å²) in [6.45, 7) is 1.59. The van der Waals surface area contributed by atoms with Gasteiger partial charge in [0.1, 0.15) is 0 Å². The van der Waals surface area contributed by atoms with Crippen LogP contribution in [0.15, 0.2) is 18.2 Å². The quantitative estimate of drug-likeness (QED) is 0.711. The highest BCUT2D eigenvalue weighted by Crippen LogP contribution is 2.31. The SMILES string of the molecule is COC(=O)N1CCN(C(=O)c2ccc3c(c2)C(=O)N(C2CCCCC2)C3=O)CC1. The molecule has 0 unspecified atom stereocenters. The Morgan fingerprint density at radius 2 is 1.52 bits per heavy atom. The molecular weight excluding hydrogens is 374 g/mol. The Balaban J connectivity index is 1.49. The van der Waals surface area contributed by atoms with Gasteiger partial charge in [-0.25, -0.2) is 4.79 Å². The molecule has 0 aromatic heterocycles. The number of hydrogen-bond acceptors (Lipinski definition) is 5. The number of methoxy groups -OCH3 is 1. The van der Waals surface area contributed by atoms with Crippen LogP contribution in [0, 0.1) is 0 Å². The van der Waals surface area contributed by atoms with E-state index in [2.05, 4.69) is 0 Å². The summed E-state index contributed by atoms with van der Waals surface area (Å²) in [5.74, 6) is -0.738. The molecule has 4 rings (SSSR count). The zero-order valence-corrected chi connectivity index (χ0v) is 16.6. The lowest BCUT2D eigenvalue weighted by Crippen LogP contribution is -2.50. The first-order valence-electron chi connectivity index (χ1n) is 10.2. The predicted molar refractivity (Wildman–Crippen MR) is 104 cm³/mol. The molecule has 1 saturated carbocycles. The van der Waals surface area contributed by atoms with Crippen LogP contribution in [0.3, 0.4) is 0 Å². The van der Waals surface area contributed by atoms with Gasteiger partial charge >= 0.3 is 6.09 Å². The zero-order chi connectivity index (χ0) is 20.5. The summed E-state index contributed by atoms with van der Waals surface area (Å²) >= 11 is 0. The summed E-state index contributed by atoms with van der Waals surface area (Å²) in [5.41, 5.74) is 1.09. The summed E-state index contributed by atoms with van der Waals surface area (Å²) in [7, 11) is 1.33. The fourth-order valence-corrected chi connectivity index (χ4v) is 4.47. The highest BCUT2D eigenvalue weighted by Gasteiger charge is 2.40. The smallest absolute Gasteiger partial charge is 0.409 e. The van der Waals surface area contributed by atoms with Gasteiger partial charge in [0, 0.05) is 37.8 Å². The molecule has 2 aliphatic heterocycles. The Morgan fingerprint density at radius 3 is 2.17 bits per heavy atom. The largest absolute Gasteiger partial charge is 0.453 e. The number of rotatable bonds is 2. The minimum atomic E-state index is -0.401. The minimum absolute atomic E-state index is 0.0401. The van der Waals surface area contributed by atoms with E-state index in [-0.39, 0.29) is 23.8 Å². The van der Waals surface area contributed by atoms with Crippen LogP contribution in [0.1, 0.15) is 63.2 Å². The van der Waals surface area contributed by atoms with Crippen LogP contribution in [0.2, 0.25) is 0 Å². The average Bonchev–Trinajstić information content (AvgIpc) is 3.03. The summed E-state index contributed by atoms with van der Waals surface area (Å²) < 4.78 is 4.71. The number of nitrogens with zero attached hydrogens (tertiary/aromatic N) is 3. The van der Waals surface area contributed by atoms with E-state index in [9.17, 15) is 19.2 Å². The number of ether oxygens (including phenoxy) is 1. The maximum Gasteiger partial charge on any atom is 0.409 e. The summed E-state index contributed by atoms with van der Waals surface area (Å²) in [4.78, 5) is 54.8. The van der Waals surface area contributed by atoms with E-state index < -0.39 is 6.09 Å². The van der Waals surface area contributed by atoms with Crippen molar-refractivity contribution in [1.82, 2.24) is 14.7 Å². The van der Waals surface area contributed by atoms with Gasteiger partial charge in [0.2, 0.25) is 0 Å². The van der Waals surface area contributed by atoms with Crippen molar-refractivity contribution in [3.05, 3.63) is 34.9 Å². The second-order valence-corrected chi connectivity index (χ2v) is 7.78. The van der Waals surface area contributed by atoms with E-state index >= 15 is 0 Å². The van der Waals surface area contributed by atoms with Crippen LogP contribution in [-0.4, -0.2) is 77.8 Å². The first-order chi connectivity index (χ1) is 14.0. The van der Waals surface area contributed by atoms with Crippen LogP contribution >= 0.6 is 0 Å². The van der Waals surface area contributed by atoms with Crippen molar-refractivity contribution < 1.29 is 23.9 Å². The summed E-state index contributed by atoms with van der Waals surface area (Å²) in [5, 5.41) is 0. The lowest BCUT2D eigenvalue weighted by molar-refractivity contribution is 0.0548. The van der Waals surface area contributed by atoms with Crippen LogP contribution in [0.5, 0.6) is 0 Å². The summed E-state index contributed by atoms with van der Waals surface area (Å²) in [6, 6.07) is 4.72. The Hall–Kier alpha value is -2.90. The molecule has 0 bridgehead atoms. The molecule has 0 N–H and O–H groups in total. The third-order valence-corrected chi connectivity index (χ3v) is 6.10. The topological polar surface area (TPSA) is 87.2 Å². The summed E-state index contributed by atoms with van der Waals surface area (Å²) in [6.07, 6.45) is 4.49. The molecule has 0 spiro atoms. The third kappa shape index (κ3) is 3.47. The van der Waals surface area contributed by atoms with Crippen LogP contribution < -0.4 is 0 Å². The van der Waals surface area contributed by atoms with Gasteiger partial charge in [0.25, 0.3) is 17.7 Å². The second kappa shape index (κ2) is 7.85. The van der Waals surface area contributed by atoms with E-state index in [1.807, 2.05) is 0 Å². The van der Waals surface area contributed by atoms with E-state index in [1.54, 1.807) is 28.0 Å². The van der Waals surface area contributed by atoms with Gasteiger partial charge in [0.05, 0.1) is 18.2 Å². The second-order valence-electron chi connectivity index (χ2n) is 7.78. The molecule has 1 aromatic carbocycles. The Kier molecular flexibility index (Phi) is 5.25. The van der Waals surface area contributed by atoms with E-state index in [0.29, 0.717) is 42.9 Å². The van der Waals surface area contributed by atoms with Crippen molar-refractivity contribution in [1.29, 1.82) is 0 Å². The molecule has 1 saturated heterocycles. The number of fused-ring (bicyclic) bond motifs is 1. The van der Waals surface area contributed by atoms with Crippen molar-refractivity contribution in [3.63, 3.8) is 0 Å². The molecule has 8 heteroatoms. The van der Waals surface area contributed by atoms with Gasteiger partial charge in [0.15, 0.2) is 0 Å². The molecule has 8 nitrogen and oxygen atoms in total. The van der Waals surface area contributed by atoms with Crippen molar-refractivity contribution in [2.24, 2.45) is 0 Å². The number of piperazine rings is 1. The minimum Gasteiger partial charge on any atom is -0.453 e. The van der Waals surface area contributed by atoms with E-state index in [0.717, 1.165) is 32.1 Å². The molecule has 0 atom stereocenters. The molecule has 154 valence electrons. The number of amides is 4. The van der Waals surface area contributed by atoms with Gasteiger partial charge in [-0.1, -0.05) is 19.3 Å².